The number of hydrogen-bond donors (Lipinski definition) is 2. The first kappa shape index (κ1) is 11.5. The molecule has 78 valence electrons. The Balaban J connectivity index is 3.08. The van der Waals surface area contributed by atoms with Gasteiger partial charge in [0.1, 0.15) is 0 Å². The molecule has 3 N–H and O–H groups in total. The Hall–Kier alpha value is -0.570. The van der Waals surface area contributed by atoms with Gasteiger partial charge in [-0.2, -0.15) is 0 Å². The van der Waals surface area contributed by atoms with E-state index >= 15 is 0 Å². The van der Waals surface area contributed by atoms with E-state index < -0.39 is 0 Å². The van der Waals surface area contributed by atoms with E-state index in [1.165, 1.54) is 5.56 Å². The maximum absolute atomic E-state index is 6.12. The predicted octanol–water partition coefficient (Wildman–Crippen LogP) is 2.81. The first-order valence-corrected chi connectivity index (χ1v) is 5.16. The molecule has 1 aromatic rings. The maximum Gasteiger partial charge on any atom is 0.0497 e. The standard InChI is InChI=1S/C11H17ClN2/c1-7(2)11(14-13)9-6-8(3)4-5-10(9)12/h4-7,11,14H,13H2,1-3H3. The predicted molar refractivity (Wildman–Crippen MR) is 61.1 cm³/mol. The van der Waals surface area contributed by atoms with E-state index in [4.69, 9.17) is 17.4 Å². The molecule has 1 unspecified atom stereocenters. The van der Waals surface area contributed by atoms with Crippen molar-refractivity contribution in [3.8, 4) is 0 Å². The molecule has 0 aliphatic carbocycles. The molecule has 0 bridgehead atoms. The minimum Gasteiger partial charge on any atom is -0.271 e. The second-order valence-corrected chi connectivity index (χ2v) is 4.32. The lowest BCUT2D eigenvalue weighted by atomic mass is 9.95. The smallest absolute Gasteiger partial charge is 0.0497 e. The molecule has 3 heteroatoms. The van der Waals surface area contributed by atoms with Gasteiger partial charge in [0.05, 0.1) is 0 Å². The topological polar surface area (TPSA) is 38.0 Å². The molecule has 14 heavy (non-hydrogen) atoms. The highest BCUT2D eigenvalue weighted by molar-refractivity contribution is 6.31. The number of hydrazine groups is 1. The summed E-state index contributed by atoms with van der Waals surface area (Å²) in [6.45, 7) is 6.28. The van der Waals surface area contributed by atoms with Gasteiger partial charge in [0.15, 0.2) is 0 Å². The lowest BCUT2D eigenvalue weighted by molar-refractivity contribution is 0.421. The zero-order valence-electron chi connectivity index (χ0n) is 8.84. The van der Waals surface area contributed by atoms with Crippen LogP contribution in [-0.4, -0.2) is 0 Å². The summed E-state index contributed by atoms with van der Waals surface area (Å²) in [6.07, 6.45) is 0. The van der Waals surface area contributed by atoms with Crippen molar-refractivity contribution in [3.05, 3.63) is 34.3 Å². The van der Waals surface area contributed by atoms with Crippen LogP contribution in [0, 0.1) is 12.8 Å². The molecule has 1 rings (SSSR count). The van der Waals surface area contributed by atoms with Crippen LogP contribution in [0.5, 0.6) is 0 Å². The van der Waals surface area contributed by atoms with E-state index in [0.717, 1.165) is 10.6 Å². The lowest BCUT2D eigenvalue weighted by Gasteiger charge is -2.21. The van der Waals surface area contributed by atoms with Gasteiger partial charge in [-0.1, -0.05) is 43.1 Å². The van der Waals surface area contributed by atoms with Crippen molar-refractivity contribution in [2.24, 2.45) is 11.8 Å². The van der Waals surface area contributed by atoms with Crippen molar-refractivity contribution in [3.63, 3.8) is 0 Å². The zero-order chi connectivity index (χ0) is 10.7. The summed E-state index contributed by atoms with van der Waals surface area (Å²) < 4.78 is 0. The van der Waals surface area contributed by atoms with Gasteiger partial charge in [-0.3, -0.25) is 11.3 Å². The number of aryl methyl sites for hydroxylation is 1. The van der Waals surface area contributed by atoms with E-state index in [0.29, 0.717) is 5.92 Å². The number of nitrogens with two attached hydrogens (primary N) is 1. The first-order valence-electron chi connectivity index (χ1n) is 4.78. The molecule has 0 saturated carbocycles. The quantitative estimate of drug-likeness (QED) is 0.598. The highest BCUT2D eigenvalue weighted by Gasteiger charge is 2.16. The van der Waals surface area contributed by atoms with Crippen molar-refractivity contribution in [2.45, 2.75) is 26.8 Å². The third-order valence-corrected chi connectivity index (χ3v) is 2.68. The van der Waals surface area contributed by atoms with Crippen LogP contribution in [0.4, 0.5) is 0 Å². The SMILES string of the molecule is Cc1ccc(Cl)c(C(NN)C(C)C)c1. The highest BCUT2D eigenvalue weighted by Crippen LogP contribution is 2.28. The number of benzene rings is 1. The van der Waals surface area contributed by atoms with Crippen molar-refractivity contribution in [2.75, 3.05) is 0 Å². The molecule has 0 aromatic heterocycles. The lowest BCUT2D eigenvalue weighted by Crippen LogP contribution is -2.31. The second kappa shape index (κ2) is 4.78. The summed E-state index contributed by atoms with van der Waals surface area (Å²) in [5.74, 6) is 5.93. The van der Waals surface area contributed by atoms with Gasteiger partial charge in [-0.05, 0) is 24.5 Å². The fourth-order valence-electron chi connectivity index (χ4n) is 1.54. The van der Waals surface area contributed by atoms with E-state index in [1.807, 2.05) is 19.1 Å². The van der Waals surface area contributed by atoms with Crippen LogP contribution in [0.3, 0.4) is 0 Å². The summed E-state index contributed by atoms with van der Waals surface area (Å²) in [7, 11) is 0. The molecule has 0 aliphatic rings. The monoisotopic (exact) mass is 212 g/mol. The Morgan fingerprint density at radius 2 is 2.00 bits per heavy atom. The molecule has 0 aliphatic heterocycles. The van der Waals surface area contributed by atoms with E-state index in [-0.39, 0.29) is 6.04 Å². The van der Waals surface area contributed by atoms with Gasteiger partial charge in [-0.25, -0.2) is 0 Å². The molecule has 0 spiro atoms. The Morgan fingerprint density at radius 3 is 2.50 bits per heavy atom. The minimum atomic E-state index is 0.113. The van der Waals surface area contributed by atoms with Crippen LogP contribution < -0.4 is 11.3 Å². The highest BCUT2D eigenvalue weighted by atomic mass is 35.5. The fraction of sp³-hybridized carbons (Fsp3) is 0.455. The molecule has 0 amide bonds. The van der Waals surface area contributed by atoms with Crippen molar-refractivity contribution >= 4 is 11.6 Å². The summed E-state index contributed by atoms with van der Waals surface area (Å²) in [4.78, 5) is 0. The maximum atomic E-state index is 6.12. The van der Waals surface area contributed by atoms with Gasteiger partial charge in [0, 0.05) is 11.1 Å². The second-order valence-electron chi connectivity index (χ2n) is 3.91. The van der Waals surface area contributed by atoms with E-state index in [2.05, 4.69) is 25.3 Å². The molecule has 0 saturated heterocycles. The van der Waals surface area contributed by atoms with Gasteiger partial charge >= 0.3 is 0 Å². The zero-order valence-corrected chi connectivity index (χ0v) is 9.60. The molecule has 0 heterocycles. The van der Waals surface area contributed by atoms with Crippen LogP contribution in [0.2, 0.25) is 5.02 Å². The fourth-order valence-corrected chi connectivity index (χ4v) is 1.78. The summed E-state index contributed by atoms with van der Waals surface area (Å²) in [5, 5.41) is 0.771. The Labute approximate surface area is 90.4 Å². The number of halogens is 1. The molecule has 0 fully saturated rings. The molecular weight excluding hydrogens is 196 g/mol. The Bertz CT molecular complexity index is 310. The molecular formula is C11H17ClN2. The summed E-state index contributed by atoms with van der Waals surface area (Å²) >= 11 is 6.12. The molecule has 2 nitrogen and oxygen atoms in total. The summed E-state index contributed by atoms with van der Waals surface area (Å²) in [5.41, 5.74) is 5.07. The van der Waals surface area contributed by atoms with Gasteiger partial charge < -0.3 is 0 Å². The number of nitrogens with one attached hydrogen (secondary N) is 1. The van der Waals surface area contributed by atoms with Crippen LogP contribution >= 0.6 is 11.6 Å². The van der Waals surface area contributed by atoms with Crippen LogP contribution in [0.15, 0.2) is 18.2 Å². The van der Waals surface area contributed by atoms with E-state index in [1.54, 1.807) is 0 Å². The van der Waals surface area contributed by atoms with Crippen LogP contribution in [-0.2, 0) is 0 Å². The Morgan fingerprint density at radius 1 is 1.36 bits per heavy atom. The average Bonchev–Trinajstić information content (AvgIpc) is 2.11. The van der Waals surface area contributed by atoms with Crippen molar-refractivity contribution in [1.82, 2.24) is 5.43 Å². The van der Waals surface area contributed by atoms with Gasteiger partial charge in [-0.15, -0.1) is 0 Å². The Kier molecular flexibility index (Phi) is 3.93. The van der Waals surface area contributed by atoms with Crippen molar-refractivity contribution in [1.29, 1.82) is 0 Å². The van der Waals surface area contributed by atoms with E-state index in [9.17, 15) is 0 Å². The molecule has 0 radical (unpaired) electrons. The van der Waals surface area contributed by atoms with Crippen LogP contribution in [0.25, 0.3) is 0 Å². The average molecular weight is 213 g/mol. The minimum absolute atomic E-state index is 0.113. The number of hydrogen-bond acceptors (Lipinski definition) is 2. The van der Waals surface area contributed by atoms with Gasteiger partial charge in [0.2, 0.25) is 0 Å². The summed E-state index contributed by atoms with van der Waals surface area (Å²) in [6, 6.07) is 6.10. The van der Waals surface area contributed by atoms with Crippen LogP contribution in [0.1, 0.15) is 31.0 Å². The normalized spacial score (nSPS) is 13.3. The van der Waals surface area contributed by atoms with Gasteiger partial charge in [0.25, 0.3) is 0 Å². The molecule has 1 aromatic carbocycles. The van der Waals surface area contributed by atoms with Crippen molar-refractivity contribution < 1.29 is 0 Å². The molecule has 1 atom stereocenters. The largest absolute Gasteiger partial charge is 0.271 e. The number of rotatable bonds is 3. The third-order valence-electron chi connectivity index (χ3n) is 2.33. The first-order chi connectivity index (χ1) is 6.56. The third kappa shape index (κ3) is 2.47.